The second-order valence-corrected chi connectivity index (χ2v) is 25.6. The van der Waals surface area contributed by atoms with Crippen molar-refractivity contribution in [3.8, 4) is 89.5 Å². The van der Waals surface area contributed by atoms with Crippen LogP contribution in [0.2, 0.25) is 0 Å². The van der Waals surface area contributed by atoms with Crippen molar-refractivity contribution >= 4 is 0 Å². The van der Waals surface area contributed by atoms with Gasteiger partial charge in [-0.3, -0.25) is 19.9 Å². The maximum Gasteiger partial charge on any atom is 3.00 e. The molecule has 0 N–H and O–H groups in total. The van der Waals surface area contributed by atoms with Crippen LogP contribution >= 0.6 is 0 Å². The van der Waals surface area contributed by atoms with Gasteiger partial charge in [0.1, 0.15) is 0 Å². The third kappa shape index (κ3) is 43.9. The van der Waals surface area contributed by atoms with Crippen LogP contribution in [0.25, 0.3) is 89.5 Å². The molecule has 0 atom stereocenters. The van der Waals surface area contributed by atoms with Crippen molar-refractivity contribution in [2.45, 2.75) is 95.4 Å². The first kappa shape index (κ1) is 105. The molecule has 0 bridgehead atoms. The fraction of sp³-hybridized carbons (Fsp3) is 0.130. The van der Waals surface area contributed by atoms with Crippen LogP contribution in [-0.2, 0) is 71.4 Å². The quantitative estimate of drug-likeness (QED) is 0.111. The molecule has 608 valence electrons. The number of pyridine rings is 6. The Hall–Kier alpha value is -10.9. The van der Waals surface area contributed by atoms with Crippen molar-refractivity contribution in [2.24, 2.45) is 0 Å². The summed E-state index contributed by atoms with van der Waals surface area (Å²) in [6, 6.07) is 143. The average molecular weight is 1720 g/mol. The molecule has 0 saturated heterocycles. The van der Waals surface area contributed by atoms with E-state index in [4.69, 9.17) is 0 Å². The molecule has 6 heterocycles. The van der Waals surface area contributed by atoms with Crippen LogP contribution in [0.5, 0.6) is 0 Å². The zero-order valence-corrected chi connectivity index (χ0v) is 73.3. The Balaban J connectivity index is 0.000000674. The molecule has 10 heteroatoms. The summed E-state index contributed by atoms with van der Waals surface area (Å²) < 4.78 is 0. The van der Waals surface area contributed by atoms with E-state index in [0.29, 0.717) is 0 Å². The van der Waals surface area contributed by atoms with Gasteiger partial charge in [0.2, 0.25) is 0 Å². The first-order valence-corrected chi connectivity index (χ1v) is 37.8. The standard InChI is InChI=1S/4C17H11N.C10H13.C7H8N.C6H5.C5H4N.4C3H7.4Ni/c4*1-2-7-14(8-3-1)15-9-6-10-16(13-15)17-11-4-5-12-18-17;1-10(2,3)9-7-5-4-6-8-9;1-6-4-3-5-7(2)8-6;2*1-2-4-6-5-3-1;4*1-3-2;;;;/h4*1-7,9-12H;5-8H,1-3H3;4-5H,1-2H3;1-5H;2-5H;4*3H,1-2H3;;;;/q4*-2;8*-1;4*+3. The molecular weight excluding hydrogens is 1620 g/mol. The molecule has 0 fully saturated rings. The van der Waals surface area contributed by atoms with E-state index in [0.717, 1.165) is 101 Å². The molecule has 0 aliphatic heterocycles. The molecule has 6 aromatic heterocycles. The minimum absolute atomic E-state index is 0. The van der Waals surface area contributed by atoms with Crippen LogP contribution in [0.4, 0.5) is 0 Å². The van der Waals surface area contributed by atoms with Gasteiger partial charge >= 0.3 is 66.0 Å². The fourth-order valence-electron chi connectivity index (χ4n) is 9.57. The Kier molecular flexibility index (Phi) is 58.9. The van der Waals surface area contributed by atoms with E-state index >= 15 is 0 Å². The van der Waals surface area contributed by atoms with Crippen molar-refractivity contribution in [2.75, 3.05) is 0 Å². The maximum atomic E-state index is 4.34. The molecule has 0 amide bonds. The van der Waals surface area contributed by atoms with Gasteiger partial charge in [0, 0.05) is 47.6 Å². The minimum Gasteiger partial charge on any atom is -0.391 e. The molecular formula is C108H102N6Ni4-4. The van der Waals surface area contributed by atoms with Gasteiger partial charge in [0.25, 0.3) is 0 Å². The normalized spacial score (nSPS) is 9.26. The van der Waals surface area contributed by atoms with Crippen LogP contribution in [0.3, 0.4) is 0 Å². The molecule has 0 aliphatic rings. The summed E-state index contributed by atoms with van der Waals surface area (Å²) in [6.07, 6.45) is 18.6. The molecule has 0 aliphatic carbocycles. The van der Waals surface area contributed by atoms with E-state index in [-0.39, 0.29) is 71.4 Å². The Labute approximate surface area is 748 Å². The summed E-state index contributed by atoms with van der Waals surface area (Å²) in [6.45, 7) is 26.6. The summed E-state index contributed by atoms with van der Waals surface area (Å²) >= 11 is 0. The number of hydrogen-bond donors (Lipinski definition) is 0. The van der Waals surface area contributed by atoms with Gasteiger partial charge in [-0.05, 0) is 29.7 Å². The zero-order chi connectivity index (χ0) is 81.7. The molecule has 16 aromatic rings. The van der Waals surface area contributed by atoms with E-state index in [2.05, 4.69) is 136 Å². The predicted molar refractivity (Wildman–Crippen MR) is 479 cm³/mol. The maximum absolute atomic E-state index is 4.34. The third-order valence-electron chi connectivity index (χ3n) is 14.6. The summed E-state index contributed by atoms with van der Waals surface area (Å²) in [5.74, 6) is 0. The fourth-order valence-corrected chi connectivity index (χ4v) is 9.57. The van der Waals surface area contributed by atoms with Crippen LogP contribution < -0.4 is 0 Å². The van der Waals surface area contributed by atoms with Crippen LogP contribution in [-0.4, -0.2) is 29.9 Å². The number of aryl methyl sites for hydroxylation is 2. The number of aromatic nitrogens is 6. The van der Waals surface area contributed by atoms with Crippen molar-refractivity contribution in [1.29, 1.82) is 0 Å². The smallest absolute Gasteiger partial charge is 0.391 e. The number of rotatable bonds is 8. The average Bonchev–Trinajstić information content (AvgIpc) is 0.850. The van der Waals surface area contributed by atoms with E-state index in [9.17, 15) is 0 Å². The Morgan fingerprint density at radius 2 is 0.483 bits per heavy atom. The third-order valence-corrected chi connectivity index (χ3v) is 14.6. The summed E-state index contributed by atoms with van der Waals surface area (Å²) in [5, 5.41) is 0. The largest absolute Gasteiger partial charge is 3.00 e. The second-order valence-electron chi connectivity index (χ2n) is 25.6. The van der Waals surface area contributed by atoms with Gasteiger partial charge in [0.15, 0.2) is 0 Å². The molecule has 0 saturated carbocycles. The van der Waals surface area contributed by atoms with Gasteiger partial charge < -0.3 is 35.7 Å². The zero-order valence-electron chi connectivity index (χ0n) is 69.3. The molecule has 6 nitrogen and oxygen atoms in total. The van der Waals surface area contributed by atoms with Crippen molar-refractivity contribution in [3.05, 3.63) is 474 Å². The van der Waals surface area contributed by atoms with E-state index in [1.54, 1.807) is 49.3 Å². The Morgan fingerprint density at radius 1 is 0.237 bits per heavy atom. The predicted octanol–water partition coefficient (Wildman–Crippen LogP) is 27.6. The summed E-state index contributed by atoms with van der Waals surface area (Å²) in [4.78, 5) is 25.3. The van der Waals surface area contributed by atoms with E-state index in [1.807, 2.05) is 392 Å². The molecule has 118 heavy (non-hydrogen) atoms. The summed E-state index contributed by atoms with van der Waals surface area (Å²) in [7, 11) is 0. The first-order valence-electron chi connectivity index (χ1n) is 37.8. The van der Waals surface area contributed by atoms with Gasteiger partial charge in [-0.15, -0.1) is 95.1 Å². The molecule has 16 rings (SSSR count). The molecule has 4 radical (unpaired) electrons. The first-order chi connectivity index (χ1) is 55.8. The van der Waals surface area contributed by atoms with Gasteiger partial charge in [-0.1, -0.05) is 107 Å². The van der Waals surface area contributed by atoms with Gasteiger partial charge in [0.05, 0.1) is 0 Å². The summed E-state index contributed by atoms with van der Waals surface area (Å²) in [5.41, 5.74) is 19.9. The monoisotopic (exact) mass is 1710 g/mol. The van der Waals surface area contributed by atoms with Crippen LogP contribution in [0.15, 0.2) is 359 Å². The minimum atomic E-state index is 0. The number of nitrogens with zero attached hydrogens (tertiary/aromatic N) is 6. The second kappa shape index (κ2) is 66.1. The topological polar surface area (TPSA) is 77.3 Å². The number of hydrogen-bond acceptors (Lipinski definition) is 6. The van der Waals surface area contributed by atoms with Gasteiger partial charge in [-0.25, -0.2) is 22.3 Å². The van der Waals surface area contributed by atoms with E-state index < -0.39 is 0 Å². The Morgan fingerprint density at radius 3 is 0.661 bits per heavy atom. The van der Waals surface area contributed by atoms with Gasteiger partial charge in [-0.2, -0.15) is 332 Å². The van der Waals surface area contributed by atoms with Crippen molar-refractivity contribution in [1.82, 2.24) is 29.9 Å². The van der Waals surface area contributed by atoms with Crippen LogP contribution in [0, 0.1) is 112 Å². The van der Waals surface area contributed by atoms with Crippen molar-refractivity contribution < 1.29 is 66.0 Å². The molecule has 10 aromatic carbocycles. The molecule has 0 unspecified atom stereocenters. The van der Waals surface area contributed by atoms with Crippen molar-refractivity contribution in [3.63, 3.8) is 0 Å². The Bertz CT molecular complexity index is 4160. The number of benzene rings is 10. The SMILES string of the molecule is CC(C)(C)c1cc[c-]cc1.C[CH-]C.C[CH-]C.C[CH-]C.C[CH-]C.Cc1c[c-]cc(C)n1.[Ni+3].[Ni+3].[Ni+3].[Ni+3].[c-]1ccccc1.[c-]1ccccc1-c1[c-]c(-c2ccccn2)ccc1.[c-]1ccccc1-c1[c-]c(-c2ccccn2)ccc1.[c-]1ccccc1-c1[c-]c(-c2ccccn2)ccc1.[c-]1ccccc1-c1[c-]c(-c2ccccn2)ccc1.[c-]1ccncc1. The van der Waals surface area contributed by atoms with E-state index in [1.165, 1.54) is 5.56 Å². The van der Waals surface area contributed by atoms with Crippen LogP contribution in [0.1, 0.15) is 93.1 Å². The molecule has 0 spiro atoms.